The predicted molar refractivity (Wildman–Crippen MR) is 133 cm³/mol. The molecule has 3 aromatic carbocycles. The highest BCUT2D eigenvalue weighted by Crippen LogP contribution is 2.30. The van der Waals surface area contributed by atoms with Crippen molar-refractivity contribution < 1.29 is 30.4 Å². The van der Waals surface area contributed by atoms with Crippen LogP contribution < -0.4 is 14.2 Å². The van der Waals surface area contributed by atoms with Crippen LogP contribution in [0.25, 0.3) is 0 Å². The minimum absolute atomic E-state index is 0.0881. The number of ether oxygens (including phenoxy) is 1. The van der Waals surface area contributed by atoms with Gasteiger partial charge in [-0.2, -0.15) is 0 Å². The monoisotopic (exact) mass is 706 g/mol. The lowest BCUT2D eigenvalue weighted by Crippen LogP contribution is -2.17. The summed E-state index contributed by atoms with van der Waals surface area (Å²) in [6.07, 6.45) is 0. The Labute approximate surface area is 211 Å². The summed E-state index contributed by atoms with van der Waals surface area (Å²) in [5.74, 6) is -1.11. The van der Waals surface area contributed by atoms with Crippen LogP contribution >= 0.6 is 45.2 Å². The van der Waals surface area contributed by atoms with Gasteiger partial charge in [-0.25, -0.2) is 25.6 Å². The first-order valence-corrected chi connectivity index (χ1v) is 13.7. The third-order valence-electron chi connectivity index (χ3n) is 4.08. The van der Waals surface area contributed by atoms with Gasteiger partial charge in [-0.1, -0.05) is 0 Å². The van der Waals surface area contributed by atoms with Crippen LogP contribution in [-0.4, -0.2) is 23.9 Å². The topological polar surface area (TPSA) is 102 Å². The second-order valence-electron chi connectivity index (χ2n) is 6.28. The first kappa shape index (κ1) is 24.9. The number of rotatable bonds is 7. The molecule has 13 heteroatoms. The lowest BCUT2D eigenvalue weighted by Gasteiger charge is -2.14. The van der Waals surface area contributed by atoms with E-state index in [-0.39, 0.29) is 29.2 Å². The molecule has 0 saturated carbocycles. The van der Waals surface area contributed by atoms with E-state index in [1.807, 2.05) is 0 Å². The van der Waals surface area contributed by atoms with Crippen LogP contribution in [0.15, 0.2) is 64.4 Å². The molecule has 0 fully saturated rings. The lowest BCUT2D eigenvalue weighted by atomic mass is 10.3. The Morgan fingerprint density at radius 3 is 1.72 bits per heavy atom. The zero-order valence-electron chi connectivity index (χ0n) is 16.1. The van der Waals surface area contributed by atoms with E-state index in [9.17, 15) is 25.6 Å². The van der Waals surface area contributed by atoms with E-state index in [1.165, 1.54) is 43.5 Å². The van der Waals surface area contributed by atoms with E-state index in [0.717, 1.165) is 18.2 Å². The van der Waals surface area contributed by atoms with E-state index in [2.05, 4.69) is 9.44 Å². The highest BCUT2D eigenvalue weighted by molar-refractivity contribution is 14.1. The van der Waals surface area contributed by atoms with Crippen molar-refractivity contribution in [1.29, 1.82) is 0 Å². The molecule has 32 heavy (non-hydrogen) atoms. The van der Waals surface area contributed by atoms with Gasteiger partial charge in [0.15, 0.2) is 0 Å². The Kier molecular flexibility index (Phi) is 7.51. The van der Waals surface area contributed by atoms with Crippen LogP contribution in [0.3, 0.4) is 0 Å². The minimum atomic E-state index is -4.30. The van der Waals surface area contributed by atoms with Gasteiger partial charge in [-0.3, -0.25) is 9.44 Å². The fourth-order valence-electron chi connectivity index (χ4n) is 2.58. The van der Waals surface area contributed by atoms with Crippen LogP contribution in [0.5, 0.6) is 5.75 Å². The Hall–Kier alpha value is -1.72. The molecule has 0 aliphatic rings. The van der Waals surface area contributed by atoms with Gasteiger partial charge in [0.1, 0.15) is 22.3 Å². The molecule has 0 bridgehead atoms. The minimum Gasteiger partial charge on any atom is -0.495 e. The molecule has 0 aromatic heterocycles. The summed E-state index contributed by atoms with van der Waals surface area (Å²) in [5.41, 5.74) is 0.195. The van der Waals surface area contributed by atoms with E-state index in [1.54, 1.807) is 45.2 Å². The Balaban J connectivity index is 2.00. The number of hydrogen-bond donors (Lipinski definition) is 2. The van der Waals surface area contributed by atoms with Gasteiger partial charge in [0, 0.05) is 0 Å². The molecule has 0 aliphatic heterocycles. The normalized spacial score (nSPS) is 11.8. The summed E-state index contributed by atoms with van der Waals surface area (Å²) in [7, 11) is -7.27. The van der Waals surface area contributed by atoms with Crippen molar-refractivity contribution >= 4 is 76.6 Å². The summed E-state index contributed by atoms with van der Waals surface area (Å²) in [5, 5.41) is 0. The maximum Gasteiger partial charge on any atom is 0.265 e. The molecule has 0 atom stereocenters. The molecule has 3 aromatic rings. The van der Waals surface area contributed by atoms with Gasteiger partial charge in [0.25, 0.3) is 20.0 Å². The van der Waals surface area contributed by atoms with Crippen molar-refractivity contribution in [2.75, 3.05) is 16.6 Å². The van der Waals surface area contributed by atoms with Crippen LogP contribution in [0.2, 0.25) is 0 Å². The SMILES string of the molecule is COc1ccc(S(=O)(=O)Nc2ccc(F)c(I)c2)cc1S(=O)(=O)Nc1ccc(F)c(I)c1. The van der Waals surface area contributed by atoms with Crippen molar-refractivity contribution in [3.05, 3.63) is 73.4 Å². The highest BCUT2D eigenvalue weighted by Gasteiger charge is 2.25. The molecule has 0 heterocycles. The third-order valence-corrected chi connectivity index (χ3v) is 8.51. The molecule has 0 unspecified atom stereocenters. The number of sulfonamides is 2. The number of halogens is 4. The summed E-state index contributed by atoms with van der Waals surface area (Å²) in [4.78, 5) is -0.789. The van der Waals surface area contributed by atoms with Crippen LogP contribution in [0.4, 0.5) is 20.2 Å². The molecule has 3 rings (SSSR count). The Morgan fingerprint density at radius 2 is 1.25 bits per heavy atom. The van der Waals surface area contributed by atoms with Crippen molar-refractivity contribution in [1.82, 2.24) is 0 Å². The largest absolute Gasteiger partial charge is 0.495 e. The Morgan fingerprint density at radius 1 is 0.750 bits per heavy atom. The first-order valence-electron chi connectivity index (χ1n) is 8.57. The van der Waals surface area contributed by atoms with Crippen molar-refractivity contribution in [2.45, 2.75) is 9.79 Å². The molecule has 7 nitrogen and oxygen atoms in total. The number of methoxy groups -OCH3 is 1. The molecular weight excluding hydrogens is 692 g/mol. The molecule has 2 N–H and O–H groups in total. The maximum absolute atomic E-state index is 13.5. The average molecular weight is 706 g/mol. The maximum atomic E-state index is 13.5. The van der Waals surface area contributed by atoms with Gasteiger partial charge in [-0.15, -0.1) is 0 Å². The zero-order chi connectivity index (χ0) is 23.7. The van der Waals surface area contributed by atoms with E-state index < -0.39 is 36.6 Å². The predicted octanol–water partition coefficient (Wildman–Crippen LogP) is 4.78. The van der Waals surface area contributed by atoms with Gasteiger partial charge in [-0.05, 0) is 99.8 Å². The first-order chi connectivity index (χ1) is 14.9. The second kappa shape index (κ2) is 9.64. The molecule has 170 valence electrons. The van der Waals surface area contributed by atoms with E-state index in [4.69, 9.17) is 4.74 Å². The lowest BCUT2D eigenvalue weighted by molar-refractivity contribution is 0.402. The quantitative estimate of drug-likeness (QED) is 0.345. The third kappa shape index (κ3) is 5.60. The fourth-order valence-corrected chi connectivity index (χ4v) is 6.00. The number of nitrogens with one attached hydrogen (secondary N) is 2. The number of anilines is 2. The van der Waals surface area contributed by atoms with Gasteiger partial charge >= 0.3 is 0 Å². The zero-order valence-corrected chi connectivity index (χ0v) is 22.0. The van der Waals surface area contributed by atoms with Gasteiger partial charge in [0.2, 0.25) is 0 Å². The average Bonchev–Trinajstić information content (AvgIpc) is 2.72. The van der Waals surface area contributed by atoms with Gasteiger partial charge < -0.3 is 4.74 Å². The Bertz CT molecular complexity index is 1400. The fraction of sp³-hybridized carbons (Fsp3) is 0.0526. The molecule has 0 saturated heterocycles. The summed E-state index contributed by atoms with van der Waals surface area (Å²) >= 11 is 3.43. The van der Waals surface area contributed by atoms with Crippen molar-refractivity contribution in [3.63, 3.8) is 0 Å². The molecule has 0 radical (unpaired) electrons. The summed E-state index contributed by atoms with van der Waals surface area (Å²) < 4.78 is 88.5. The highest BCUT2D eigenvalue weighted by atomic mass is 127. The van der Waals surface area contributed by atoms with E-state index in [0.29, 0.717) is 0 Å². The van der Waals surface area contributed by atoms with Crippen LogP contribution in [0, 0.1) is 18.8 Å². The van der Waals surface area contributed by atoms with Crippen LogP contribution in [0.1, 0.15) is 0 Å². The molecule has 0 aliphatic carbocycles. The number of hydrogen-bond acceptors (Lipinski definition) is 5. The van der Waals surface area contributed by atoms with Gasteiger partial charge in [0.05, 0.1) is 30.5 Å². The van der Waals surface area contributed by atoms with Crippen molar-refractivity contribution in [3.8, 4) is 5.75 Å². The van der Waals surface area contributed by atoms with Crippen LogP contribution in [-0.2, 0) is 20.0 Å². The summed E-state index contributed by atoms with van der Waals surface area (Å²) in [6.45, 7) is 0. The summed E-state index contributed by atoms with van der Waals surface area (Å²) in [6, 6.07) is 10.6. The second-order valence-corrected chi connectivity index (χ2v) is 11.9. The molecule has 0 amide bonds. The smallest absolute Gasteiger partial charge is 0.265 e. The standard InChI is InChI=1S/C19H14F2I2N2O5S2/c1-30-18-7-4-13(31(26,27)24-11-2-5-14(20)16(22)8-11)10-19(18)32(28,29)25-12-3-6-15(21)17(23)9-12/h2-10,24-25H,1H3. The van der Waals surface area contributed by atoms with E-state index >= 15 is 0 Å². The van der Waals surface area contributed by atoms with Crippen molar-refractivity contribution in [2.24, 2.45) is 0 Å². The molecular formula is C19H14F2I2N2O5S2. The molecule has 0 spiro atoms. The number of benzene rings is 3.